The third-order valence-electron chi connectivity index (χ3n) is 9.97. The van der Waals surface area contributed by atoms with E-state index in [2.05, 4.69) is 39.1 Å². The van der Waals surface area contributed by atoms with Gasteiger partial charge in [0, 0.05) is 31.3 Å². The molecule has 3 N–H and O–H groups in total. The largest absolute Gasteiger partial charge is 0.390 e. The Morgan fingerprint density at radius 3 is 2.48 bits per heavy atom. The zero-order valence-electron chi connectivity index (χ0n) is 28.1. The van der Waals surface area contributed by atoms with Crippen LogP contribution >= 0.6 is 0 Å². The van der Waals surface area contributed by atoms with E-state index in [1.165, 1.54) is 31.4 Å². The number of aromatic nitrogens is 4. The first-order chi connectivity index (χ1) is 22.1. The quantitative estimate of drug-likeness (QED) is 0.147. The van der Waals surface area contributed by atoms with Crippen LogP contribution in [0.2, 0.25) is 0 Å². The van der Waals surface area contributed by atoms with Crippen LogP contribution in [0.3, 0.4) is 0 Å². The number of nitrogens with zero attached hydrogens (tertiary/aromatic N) is 5. The Morgan fingerprint density at radius 1 is 1.02 bits per heavy atom. The summed E-state index contributed by atoms with van der Waals surface area (Å²) < 4.78 is 36.5. The summed E-state index contributed by atoms with van der Waals surface area (Å²) in [6.45, 7) is 9.59. The highest BCUT2D eigenvalue weighted by Crippen LogP contribution is 2.38. The van der Waals surface area contributed by atoms with Crippen molar-refractivity contribution < 1.29 is 18.6 Å². The number of rotatable bonds is 15. The van der Waals surface area contributed by atoms with Crippen LogP contribution < -0.4 is 10.6 Å². The van der Waals surface area contributed by atoms with Gasteiger partial charge in [0.05, 0.1) is 24.1 Å². The second-order valence-electron chi connectivity index (χ2n) is 14.1. The minimum Gasteiger partial charge on any atom is -0.390 e. The minimum absolute atomic E-state index is 0.113. The normalized spacial score (nSPS) is 22.4. The molecule has 0 radical (unpaired) electrons. The number of hydrogen-bond acceptors (Lipinski definition) is 8. The van der Waals surface area contributed by atoms with Gasteiger partial charge in [-0.2, -0.15) is 4.98 Å². The molecular formula is C35H53F2N7O2. The standard InChI is InChI=1S/C35H53F2N7O2/c1-5-6-7-18-43(4)19-20-46-23-24-8-15-28(16-9-24)44-32-31(41-34(44)40-30-17-12-26(36)21-29(30)37)22-38-33(42-32)39-27-13-10-25(11-14-27)35(2,3)45/h12,17,21-22,24-25,27-28,45H,5-11,13-16,18-20,23H2,1-4H3,(H,40,41)(H,38,39,42)/t24-,25-,27-,28+. The molecular weight excluding hydrogens is 588 g/mol. The summed E-state index contributed by atoms with van der Waals surface area (Å²) in [5, 5.41) is 17.1. The molecule has 46 heavy (non-hydrogen) atoms. The Bertz CT molecular complexity index is 1400. The second kappa shape index (κ2) is 15.8. The van der Waals surface area contributed by atoms with Crippen molar-refractivity contribution in [3.05, 3.63) is 36.0 Å². The molecule has 9 nitrogen and oxygen atoms in total. The molecule has 2 fully saturated rings. The maximum absolute atomic E-state index is 14.7. The molecule has 0 spiro atoms. The Labute approximate surface area is 272 Å². The Kier molecular flexibility index (Phi) is 11.8. The van der Waals surface area contributed by atoms with E-state index in [4.69, 9.17) is 14.7 Å². The molecule has 254 valence electrons. The number of anilines is 3. The monoisotopic (exact) mass is 641 g/mol. The first-order valence-electron chi connectivity index (χ1n) is 17.3. The van der Waals surface area contributed by atoms with E-state index < -0.39 is 17.2 Å². The summed E-state index contributed by atoms with van der Waals surface area (Å²) in [5.41, 5.74) is 0.804. The van der Waals surface area contributed by atoms with Crippen LogP contribution in [-0.2, 0) is 4.74 Å². The highest BCUT2D eigenvalue weighted by atomic mass is 19.1. The van der Waals surface area contributed by atoms with Crippen molar-refractivity contribution >= 4 is 28.7 Å². The molecule has 0 saturated heterocycles. The summed E-state index contributed by atoms with van der Waals surface area (Å²) in [5.74, 6) is 0.496. The van der Waals surface area contributed by atoms with Crippen molar-refractivity contribution in [3.63, 3.8) is 0 Å². The van der Waals surface area contributed by atoms with E-state index in [1.54, 1.807) is 6.20 Å². The van der Waals surface area contributed by atoms with Crippen molar-refractivity contribution in [3.8, 4) is 0 Å². The zero-order chi connectivity index (χ0) is 32.7. The molecule has 2 heterocycles. The van der Waals surface area contributed by atoms with Gasteiger partial charge in [0.1, 0.15) is 17.2 Å². The number of imidazole rings is 1. The predicted molar refractivity (Wildman–Crippen MR) is 179 cm³/mol. The van der Waals surface area contributed by atoms with Gasteiger partial charge in [0.15, 0.2) is 5.65 Å². The Balaban J connectivity index is 1.26. The maximum atomic E-state index is 14.7. The molecule has 2 aliphatic carbocycles. The van der Waals surface area contributed by atoms with E-state index in [-0.39, 0.29) is 23.7 Å². The average molecular weight is 642 g/mol. The molecule has 0 aliphatic heterocycles. The molecule has 11 heteroatoms. The third kappa shape index (κ3) is 9.13. The molecule has 0 atom stereocenters. The Hall–Kier alpha value is -2.89. The first kappa shape index (κ1) is 34.4. The number of unbranched alkanes of at least 4 members (excludes halogenated alkanes) is 2. The van der Waals surface area contributed by atoms with E-state index in [9.17, 15) is 13.9 Å². The van der Waals surface area contributed by atoms with Gasteiger partial charge in [0.25, 0.3) is 0 Å². The third-order valence-corrected chi connectivity index (χ3v) is 9.97. The van der Waals surface area contributed by atoms with Gasteiger partial charge >= 0.3 is 0 Å². The topological polar surface area (TPSA) is 100 Å². The minimum atomic E-state index is -0.675. The number of halogens is 2. The molecule has 2 aliphatic rings. The number of hydrogen-bond donors (Lipinski definition) is 3. The number of fused-ring (bicyclic) bond motifs is 1. The van der Waals surface area contributed by atoms with E-state index in [0.29, 0.717) is 29.0 Å². The van der Waals surface area contributed by atoms with E-state index in [1.807, 2.05) is 13.8 Å². The highest BCUT2D eigenvalue weighted by Gasteiger charge is 2.32. The lowest BCUT2D eigenvalue weighted by atomic mass is 9.77. The lowest BCUT2D eigenvalue weighted by molar-refractivity contribution is -0.000415. The average Bonchev–Trinajstić information content (AvgIpc) is 3.38. The molecule has 1 aromatic carbocycles. The van der Waals surface area contributed by atoms with Crippen LogP contribution in [0.5, 0.6) is 0 Å². The molecule has 2 aromatic heterocycles. The fourth-order valence-corrected chi connectivity index (χ4v) is 7.02. The first-order valence-corrected chi connectivity index (χ1v) is 17.3. The SMILES string of the molecule is CCCCCN(C)CCOC[C@H]1CC[C@@H](n2c(Nc3ccc(F)cc3F)nc3cnc(N[C@H]4CC[C@H](C(C)(C)O)CC4)nc32)CC1. The van der Waals surface area contributed by atoms with E-state index >= 15 is 0 Å². The van der Waals surface area contributed by atoms with Gasteiger partial charge in [-0.1, -0.05) is 19.8 Å². The van der Waals surface area contributed by atoms with Crippen molar-refractivity contribution in [1.29, 1.82) is 0 Å². The Morgan fingerprint density at radius 2 is 1.78 bits per heavy atom. The number of likely N-dealkylation sites (N-methyl/N-ethyl adjacent to an activating group) is 1. The predicted octanol–water partition coefficient (Wildman–Crippen LogP) is 7.46. The number of aliphatic hydroxyl groups is 1. The van der Waals surface area contributed by atoms with Crippen LogP contribution in [0.1, 0.15) is 97.4 Å². The van der Waals surface area contributed by atoms with Crippen LogP contribution in [0.25, 0.3) is 11.2 Å². The van der Waals surface area contributed by atoms with Crippen molar-refractivity contribution in [2.45, 2.75) is 109 Å². The van der Waals surface area contributed by atoms with Crippen LogP contribution in [0.15, 0.2) is 24.4 Å². The summed E-state index contributed by atoms with van der Waals surface area (Å²) in [6, 6.07) is 3.85. The van der Waals surface area contributed by atoms with Crippen molar-refractivity contribution in [2.75, 3.05) is 44.0 Å². The highest BCUT2D eigenvalue weighted by molar-refractivity contribution is 5.76. The lowest BCUT2D eigenvalue weighted by Gasteiger charge is -2.36. The van der Waals surface area contributed by atoms with Gasteiger partial charge in [-0.25, -0.2) is 18.7 Å². The summed E-state index contributed by atoms with van der Waals surface area (Å²) in [6.07, 6.45) is 13.1. The van der Waals surface area contributed by atoms with Gasteiger partial charge in [-0.05, 0) is 109 Å². The van der Waals surface area contributed by atoms with Crippen molar-refractivity contribution in [1.82, 2.24) is 24.4 Å². The molecule has 2 saturated carbocycles. The molecule has 5 rings (SSSR count). The molecule has 0 amide bonds. The number of nitrogens with one attached hydrogen (secondary N) is 2. The van der Waals surface area contributed by atoms with Gasteiger partial charge in [-0.3, -0.25) is 4.57 Å². The number of benzene rings is 1. The van der Waals surface area contributed by atoms with Crippen LogP contribution in [0.4, 0.5) is 26.4 Å². The molecule has 0 unspecified atom stereocenters. The fourth-order valence-electron chi connectivity index (χ4n) is 7.02. The molecule has 0 bridgehead atoms. The summed E-state index contributed by atoms with van der Waals surface area (Å²) >= 11 is 0. The van der Waals surface area contributed by atoms with Gasteiger partial charge in [-0.15, -0.1) is 0 Å². The van der Waals surface area contributed by atoms with Gasteiger partial charge < -0.3 is 25.4 Å². The smallest absolute Gasteiger partial charge is 0.224 e. The summed E-state index contributed by atoms with van der Waals surface area (Å²) in [4.78, 5) is 16.6. The lowest BCUT2D eigenvalue weighted by Crippen LogP contribution is -2.37. The summed E-state index contributed by atoms with van der Waals surface area (Å²) in [7, 11) is 2.16. The zero-order valence-corrected chi connectivity index (χ0v) is 28.1. The van der Waals surface area contributed by atoms with E-state index in [0.717, 1.165) is 83.7 Å². The maximum Gasteiger partial charge on any atom is 0.224 e. The molecule has 3 aromatic rings. The van der Waals surface area contributed by atoms with Crippen molar-refractivity contribution in [2.24, 2.45) is 11.8 Å². The number of ether oxygens (including phenoxy) is 1. The van der Waals surface area contributed by atoms with Crippen LogP contribution in [0, 0.1) is 23.5 Å². The fraction of sp³-hybridized carbons (Fsp3) is 0.686. The van der Waals surface area contributed by atoms with Crippen LogP contribution in [-0.4, -0.2) is 74.5 Å². The van der Waals surface area contributed by atoms with Gasteiger partial charge in [0.2, 0.25) is 11.9 Å². The second-order valence-corrected chi connectivity index (χ2v) is 14.1.